The summed E-state index contributed by atoms with van der Waals surface area (Å²) in [5, 5.41) is 21.8. The zero-order valence-corrected chi connectivity index (χ0v) is 11.3. The van der Waals surface area contributed by atoms with Crippen molar-refractivity contribution in [1.82, 2.24) is 0 Å². The van der Waals surface area contributed by atoms with Crippen LogP contribution >= 0.6 is 0 Å². The third kappa shape index (κ3) is 1.00. The van der Waals surface area contributed by atoms with Crippen molar-refractivity contribution in [3.05, 3.63) is 11.6 Å². The molecule has 5 atom stereocenters. The Hall–Kier alpha value is -0.750. The van der Waals surface area contributed by atoms with Gasteiger partial charge in [-0.25, -0.2) is 0 Å². The van der Waals surface area contributed by atoms with Gasteiger partial charge in [-0.2, -0.15) is 0 Å². The Morgan fingerprint density at radius 2 is 2.05 bits per heavy atom. The molecule has 19 heavy (non-hydrogen) atoms. The average Bonchev–Trinajstić information content (AvgIpc) is 2.91. The Bertz CT molecular complexity index is 538. The van der Waals surface area contributed by atoms with Crippen LogP contribution in [0.2, 0.25) is 0 Å². The number of ketones is 1. The summed E-state index contributed by atoms with van der Waals surface area (Å²) in [5.74, 6) is -4.05. The van der Waals surface area contributed by atoms with Gasteiger partial charge in [0.25, 0.3) is 0 Å². The minimum absolute atomic E-state index is 0.0705. The Kier molecular flexibility index (Phi) is 1.78. The number of fused-ring (bicyclic) bond motifs is 2. The number of allylic oxidation sites excluding steroid dienone is 1. The summed E-state index contributed by atoms with van der Waals surface area (Å²) >= 11 is 0. The molecule has 5 nitrogen and oxygen atoms in total. The van der Waals surface area contributed by atoms with Crippen molar-refractivity contribution in [3.8, 4) is 0 Å². The Morgan fingerprint density at radius 3 is 2.68 bits per heavy atom. The number of hydrogen-bond donors (Lipinski definition) is 2. The predicted molar refractivity (Wildman–Crippen MR) is 63.9 cm³/mol. The zero-order chi connectivity index (χ0) is 13.8. The number of aliphatic hydroxyl groups is 2. The fourth-order valence-corrected chi connectivity index (χ4v) is 4.43. The van der Waals surface area contributed by atoms with Crippen LogP contribution in [-0.2, 0) is 14.3 Å². The van der Waals surface area contributed by atoms with Crippen LogP contribution < -0.4 is 0 Å². The number of ether oxygens (including phenoxy) is 2. The van der Waals surface area contributed by atoms with Gasteiger partial charge in [0.15, 0.2) is 5.78 Å². The predicted octanol–water partition coefficient (Wildman–Crippen LogP) is 0.497. The summed E-state index contributed by atoms with van der Waals surface area (Å²) in [5.41, 5.74) is -1.24. The van der Waals surface area contributed by atoms with Crippen molar-refractivity contribution in [1.29, 1.82) is 0 Å². The van der Waals surface area contributed by atoms with E-state index in [-0.39, 0.29) is 17.8 Å². The van der Waals surface area contributed by atoms with Gasteiger partial charge in [-0.15, -0.1) is 0 Å². The third-order valence-electron chi connectivity index (χ3n) is 5.33. The fraction of sp³-hybridized carbons (Fsp3) is 0.786. The zero-order valence-electron chi connectivity index (χ0n) is 11.3. The first kappa shape index (κ1) is 12.0. The maximum absolute atomic E-state index is 12.4. The summed E-state index contributed by atoms with van der Waals surface area (Å²) in [6.45, 7) is 5.50. The van der Waals surface area contributed by atoms with Crippen LogP contribution in [0.1, 0.15) is 33.6 Å². The summed E-state index contributed by atoms with van der Waals surface area (Å²) in [4.78, 5) is 12.4. The SMILES string of the molecule is C[C@@H]1CC2=CC(=O)C34CC3C(C)(C)O[C@]4(O)[C@@]2(O)O1. The van der Waals surface area contributed by atoms with Gasteiger partial charge in [0.05, 0.1) is 17.1 Å². The van der Waals surface area contributed by atoms with Crippen LogP contribution in [0.4, 0.5) is 0 Å². The van der Waals surface area contributed by atoms with Crippen molar-refractivity contribution in [2.45, 2.75) is 56.9 Å². The van der Waals surface area contributed by atoms with Crippen LogP contribution in [-0.4, -0.2) is 39.3 Å². The van der Waals surface area contributed by atoms with E-state index in [2.05, 4.69) is 0 Å². The summed E-state index contributed by atoms with van der Waals surface area (Å²) in [6.07, 6.45) is 2.20. The number of hydrogen-bond acceptors (Lipinski definition) is 5. The lowest BCUT2D eigenvalue weighted by atomic mass is 9.74. The molecule has 2 unspecified atom stereocenters. The first-order chi connectivity index (χ1) is 8.67. The van der Waals surface area contributed by atoms with E-state index in [0.717, 1.165) is 0 Å². The largest absolute Gasteiger partial charge is 0.360 e. The molecule has 2 aliphatic carbocycles. The molecule has 0 aromatic carbocycles. The average molecular weight is 266 g/mol. The third-order valence-corrected chi connectivity index (χ3v) is 5.33. The molecule has 2 N–H and O–H groups in total. The smallest absolute Gasteiger partial charge is 0.246 e. The van der Waals surface area contributed by atoms with Gasteiger partial charge in [-0.1, -0.05) is 0 Å². The molecule has 2 saturated heterocycles. The Labute approximate surface area is 111 Å². The highest BCUT2D eigenvalue weighted by Gasteiger charge is 2.88. The molecule has 4 aliphatic rings. The highest BCUT2D eigenvalue weighted by atomic mass is 16.7. The summed E-state index contributed by atoms with van der Waals surface area (Å²) in [6, 6.07) is 0. The molecule has 0 amide bonds. The fourth-order valence-electron chi connectivity index (χ4n) is 4.43. The molecular weight excluding hydrogens is 248 g/mol. The summed E-state index contributed by atoms with van der Waals surface area (Å²) in [7, 11) is 0. The van der Waals surface area contributed by atoms with Crippen molar-refractivity contribution < 1.29 is 24.5 Å². The van der Waals surface area contributed by atoms with Gasteiger partial charge in [0.1, 0.15) is 0 Å². The standard InChI is InChI=1S/C14H18O5/c1-7-4-8-5-10(15)12-6-9(12)11(2,3)19-14(12,17)13(8,16)18-7/h5,7,9,16-17H,4,6H2,1-3H3/t7-,9?,12?,13+,14+/m1/s1. The highest BCUT2D eigenvalue weighted by Crippen LogP contribution is 2.76. The van der Waals surface area contributed by atoms with Crippen LogP contribution in [0.15, 0.2) is 11.6 Å². The molecule has 104 valence electrons. The molecule has 1 spiro atoms. The van der Waals surface area contributed by atoms with Crippen LogP contribution in [0.3, 0.4) is 0 Å². The molecule has 1 saturated carbocycles. The minimum Gasteiger partial charge on any atom is -0.360 e. The molecule has 0 aromatic rings. The molecule has 2 aliphatic heterocycles. The van der Waals surface area contributed by atoms with Crippen molar-refractivity contribution in [2.75, 3.05) is 0 Å². The summed E-state index contributed by atoms with van der Waals surface area (Å²) < 4.78 is 11.3. The quantitative estimate of drug-likeness (QED) is 0.667. The molecule has 4 rings (SSSR count). The van der Waals surface area contributed by atoms with Gasteiger partial charge in [-0.3, -0.25) is 4.79 Å². The maximum atomic E-state index is 12.4. The van der Waals surface area contributed by atoms with E-state index >= 15 is 0 Å². The van der Waals surface area contributed by atoms with E-state index in [0.29, 0.717) is 18.4 Å². The first-order valence-electron chi connectivity index (χ1n) is 6.76. The lowest BCUT2D eigenvalue weighted by Crippen LogP contribution is -2.65. The Balaban J connectivity index is 1.94. The van der Waals surface area contributed by atoms with Crippen LogP contribution in [0.5, 0.6) is 0 Å². The van der Waals surface area contributed by atoms with Crippen molar-refractivity contribution >= 4 is 5.78 Å². The molecule has 3 fully saturated rings. The van der Waals surface area contributed by atoms with E-state index in [1.54, 1.807) is 0 Å². The van der Waals surface area contributed by atoms with E-state index in [1.165, 1.54) is 6.08 Å². The molecule has 0 aromatic heterocycles. The lowest BCUT2D eigenvalue weighted by molar-refractivity contribution is -0.387. The number of carbonyl (C=O) groups is 1. The lowest BCUT2D eigenvalue weighted by Gasteiger charge is -2.46. The first-order valence-corrected chi connectivity index (χ1v) is 6.76. The van der Waals surface area contributed by atoms with E-state index < -0.39 is 22.6 Å². The second-order valence-electron chi connectivity index (χ2n) is 6.89. The highest BCUT2D eigenvalue weighted by molar-refractivity contribution is 6.01. The molecule has 2 heterocycles. The van der Waals surface area contributed by atoms with Gasteiger partial charge in [-0.05, 0) is 33.3 Å². The van der Waals surface area contributed by atoms with E-state index in [9.17, 15) is 15.0 Å². The van der Waals surface area contributed by atoms with Crippen molar-refractivity contribution in [2.24, 2.45) is 11.3 Å². The van der Waals surface area contributed by atoms with Crippen molar-refractivity contribution in [3.63, 3.8) is 0 Å². The minimum atomic E-state index is -1.96. The van der Waals surface area contributed by atoms with Gasteiger partial charge in [0, 0.05) is 17.9 Å². The Morgan fingerprint density at radius 1 is 1.37 bits per heavy atom. The van der Waals surface area contributed by atoms with Crippen LogP contribution in [0.25, 0.3) is 0 Å². The normalized spacial score (nSPS) is 57.3. The number of carbonyl (C=O) groups excluding carboxylic acids is 1. The topological polar surface area (TPSA) is 76.0 Å². The molecular formula is C14H18O5. The van der Waals surface area contributed by atoms with E-state index in [4.69, 9.17) is 9.47 Å². The monoisotopic (exact) mass is 266 g/mol. The van der Waals surface area contributed by atoms with Gasteiger partial charge >= 0.3 is 0 Å². The molecule has 0 bridgehead atoms. The molecule has 5 heteroatoms. The van der Waals surface area contributed by atoms with Gasteiger partial charge < -0.3 is 19.7 Å². The van der Waals surface area contributed by atoms with Crippen LogP contribution in [0, 0.1) is 11.3 Å². The number of rotatable bonds is 0. The maximum Gasteiger partial charge on any atom is 0.246 e. The van der Waals surface area contributed by atoms with Gasteiger partial charge in [0.2, 0.25) is 11.6 Å². The second-order valence-corrected chi connectivity index (χ2v) is 6.89. The van der Waals surface area contributed by atoms with E-state index in [1.807, 2.05) is 20.8 Å². The second kappa shape index (κ2) is 2.81. The molecule has 0 radical (unpaired) electrons.